The van der Waals surface area contributed by atoms with Crippen LogP contribution in [0.15, 0.2) is 4.99 Å². The van der Waals surface area contributed by atoms with E-state index in [4.69, 9.17) is 5.73 Å². The highest BCUT2D eigenvalue weighted by Crippen LogP contribution is 2.21. The number of thioether (sulfide) groups is 1. The van der Waals surface area contributed by atoms with Crippen molar-refractivity contribution in [2.24, 2.45) is 10.7 Å². The standard InChI is InChI=1S/C8H16N4OS/c1-8(2)5-14-7(12-8)11-4-3-10-6(9)13/h3-5H2,1-2H3,(H,11,12)(H3,9,10,13). The number of nitrogens with one attached hydrogen (secondary N) is 2. The molecule has 2 amide bonds. The lowest BCUT2D eigenvalue weighted by Gasteiger charge is -2.15. The molecule has 5 nitrogen and oxygen atoms in total. The van der Waals surface area contributed by atoms with Gasteiger partial charge in [0.05, 0.1) is 6.54 Å². The Morgan fingerprint density at radius 3 is 3.00 bits per heavy atom. The predicted octanol–water partition coefficient (Wildman–Crippen LogP) is 0.126. The van der Waals surface area contributed by atoms with Gasteiger partial charge in [-0.2, -0.15) is 0 Å². The zero-order valence-corrected chi connectivity index (χ0v) is 9.28. The summed E-state index contributed by atoms with van der Waals surface area (Å²) in [6.07, 6.45) is 0. The smallest absolute Gasteiger partial charge is 0.312 e. The molecule has 1 rings (SSSR count). The molecule has 80 valence electrons. The minimum Gasteiger partial charge on any atom is -0.359 e. The summed E-state index contributed by atoms with van der Waals surface area (Å²) >= 11 is 1.70. The van der Waals surface area contributed by atoms with Gasteiger partial charge in [0.2, 0.25) is 0 Å². The number of carbonyl (C=O) groups excluding carboxylic acids is 1. The first-order chi connectivity index (χ1) is 6.49. The zero-order chi connectivity index (χ0) is 10.6. The van der Waals surface area contributed by atoms with Crippen LogP contribution in [0.1, 0.15) is 13.8 Å². The molecular weight excluding hydrogens is 200 g/mol. The third-order valence-electron chi connectivity index (χ3n) is 1.68. The highest BCUT2D eigenvalue weighted by molar-refractivity contribution is 8.14. The Balaban J connectivity index is 2.23. The minimum atomic E-state index is -0.502. The Kier molecular flexibility index (Phi) is 3.62. The van der Waals surface area contributed by atoms with Crippen molar-refractivity contribution < 1.29 is 4.79 Å². The van der Waals surface area contributed by atoms with Gasteiger partial charge in [-0.05, 0) is 13.8 Å². The Morgan fingerprint density at radius 2 is 2.50 bits per heavy atom. The minimum absolute atomic E-state index is 0.126. The first-order valence-electron chi connectivity index (χ1n) is 4.48. The molecule has 1 aliphatic rings. The third-order valence-corrected chi connectivity index (χ3v) is 3.05. The monoisotopic (exact) mass is 216 g/mol. The van der Waals surface area contributed by atoms with E-state index in [0.717, 1.165) is 10.9 Å². The van der Waals surface area contributed by atoms with Crippen molar-refractivity contribution in [1.82, 2.24) is 10.6 Å². The Labute approximate surface area is 87.9 Å². The number of primary amides is 1. The van der Waals surface area contributed by atoms with Crippen LogP contribution >= 0.6 is 11.8 Å². The Morgan fingerprint density at radius 1 is 1.79 bits per heavy atom. The van der Waals surface area contributed by atoms with Gasteiger partial charge in [0.25, 0.3) is 0 Å². The summed E-state index contributed by atoms with van der Waals surface area (Å²) in [7, 11) is 0. The fourth-order valence-corrected chi connectivity index (χ4v) is 2.13. The molecule has 0 saturated carbocycles. The van der Waals surface area contributed by atoms with E-state index in [2.05, 4.69) is 29.5 Å². The number of aliphatic imine (C=N–C) groups is 1. The van der Waals surface area contributed by atoms with Crippen molar-refractivity contribution in [1.29, 1.82) is 0 Å². The highest BCUT2D eigenvalue weighted by Gasteiger charge is 2.26. The maximum Gasteiger partial charge on any atom is 0.312 e. The molecular formula is C8H16N4OS. The lowest BCUT2D eigenvalue weighted by atomic mass is 10.1. The number of rotatable bonds is 3. The number of hydrogen-bond acceptors (Lipinski definition) is 3. The van der Waals surface area contributed by atoms with Crippen LogP contribution in [0.4, 0.5) is 4.79 Å². The fraction of sp³-hybridized carbons (Fsp3) is 0.750. The topological polar surface area (TPSA) is 79.5 Å². The average Bonchev–Trinajstić information content (AvgIpc) is 2.39. The van der Waals surface area contributed by atoms with E-state index in [1.165, 1.54) is 0 Å². The quantitative estimate of drug-likeness (QED) is 0.586. The average molecular weight is 216 g/mol. The van der Waals surface area contributed by atoms with E-state index in [1.54, 1.807) is 11.8 Å². The number of nitrogens with two attached hydrogens (primary N) is 1. The van der Waals surface area contributed by atoms with Gasteiger partial charge in [-0.1, -0.05) is 11.8 Å². The maximum absolute atomic E-state index is 10.3. The Hall–Kier alpha value is -0.910. The lowest BCUT2D eigenvalue weighted by Crippen LogP contribution is -2.37. The lowest BCUT2D eigenvalue weighted by molar-refractivity contribution is 0.249. The normalized spacial score (nSPS) is 22.0. The molecule has 1 fully saturated rings. The van der Waals surface area contributed by atoms with Gasteiger partial charge in [0, 0.05) is 17.8 Å². The van der Waals surface area contributed by atoms with E-state index in [0.29, 0.717) is 13.1 Å². The van der Waals surface area contributed by atoms with Crippen LogP contribution in [-0.2, 0) is 0 Å². The van der Waals surface area contributed by atoms with E-state index >= 15 is 0 Å². The summed E-state index contributed by atoms with van der Waals surface area (Å²) in [5, 5.41) is 6.72. The van der Waals surface area contributed by atoms with Crippen LogP contribution in [0.3, 0.4) is 0 Å². The molecule has 0 aromatic carbocycles. The van der Waals surface area contributed by atoms with Gasteiger partial charge in [0.1, 0.15) is 0 Å². The number of carbonyl (C=O) groups is 1. The molecule has 0 spiro atoms. The van der Waals surface area contributed by atoms with E-state index in [9.17, 15) is 4.79 Å². The van der Waals surface area contributed by atoms with Crippen LogP contribution in [0.5, 0.6) is 0 Å². The number of amidine groups is 1. The van der Waals surface area contributed by atoms with Crippen LogP contribution in [0, 0.1) is 0 Å². The molecule has 0 unspecified atom stereocenters. The molecule has 0 atom stereocenters. The van der Waals surface area contributed by atoms with Gasteiger partial charge >= 0.3 is 6.03 Å². The second kappa shape index (κ2) is 4.54. The number of urea groups is 1. The van der Waals surface area contributed by atoms with Gasteiger partial charge in [-0.3, -0.25) is 4.99 Å². The molecule has 0 radical (unpaired) electrons. The number of amides is 2. The fourth-order valence-electron chi connectivity index (χ4n) is 1.03. The van der Waals surface area contributed by atoms with Crippen LogP contribution in [0.25, 0.3) is 0 Å². The summed E-state index contributed by atoms with van der Waals surface area (Å²) in [5.41, 5.74) is 5.04. The molecule has 0 aromatic rings. The largest absolute Gasteiger partial charge is 0.359 e. The SMILES string of the molecule is CC1(C)CSC(=NCCNC(N)=O)N1. The first-order valence-corrected chi connectivity index (χ1v) is 5.47. The summed E-state index contributed by atoms with van der Waals surface area (Å²) in [6.45, 7) is 5.31. The van der Waals surface area contributed by atoms with Crippen molar-refractivity contribution in [3.05, 3.63) is 0 Å². The van der Waals surface area contributed by atoms with Gasteiger partial charge < -0.3 is 16.4 Å². The number of nitrogens with zero attached hydrogens (tertiary/aromatic N) is 1. The van der Waals surface area contributed by atoms with Crippen LogP contribution in [0.2, 0.25) is 0 Å². The molecule has 1 aliphatic heterocycles. The number of hydrogen-bond donors (Lipinski definition) is 3. The van der Waals surface area contributed by atoms with Gasteiger partial charge in [-0.25, -0.2) is 4.79 Å². The zero-order valence-electron chi connectivity index (χ0n) is 8.46. The first kappa shape index (κ1) is 11.2. The van der Waals surface area contributed by atoms with Crippen molar-refractivity contribution in [3.63, 3.8) is 0 Å². The molecule has 4 N–H and O–H groups in total. The summed E-state index contributed by atoms with van der Waals surface area (Å²) < 4.78 is 0. The highest BCUT2D eigenvalue weighted by atomic mass is 32.2. The summed E-state index contributed by atoms with van der Waals surface area (Å²) in [6, 6.07) is -0.502. The van der Waals surface area contributed by atoms with Crippen molar-refractivity contribution in [3.8, 4) is 0 Å². The molecule has 0 aliphatic carbocycles. The van der Waals surface area contributed by atoms with Crippen molar-refractivity contribution >= 4 is 23.0 Å². The van der Waals surface area contributed by atoms with Crippen molar-refractivity contribution in [2.75, 3.05) is 18.8 Å². The van der Waals surface area contributed by atoms with E-state index < -0.39 is 6.03 Å². The maximum atomic E-state index is 10.3. The molecule has 14 heavy (non-hydrogen) atoms. The third kappa shape index (κ3) is 3.87. The molecule has 0 aromatic heterocycles. The summed E-state index contributed by atoms with van der Waals surface area (Å²) in [4.78, 5) is 14.6. The van der Waals surface area contributed by atoms with Crippen LogP contribution in [-0.4, -0.2) is 35.6 Å². The molecule has 1 heterocycles. The predicted molar refractivity (Wildman–Crippen MR) is 59.6 cm³/mol. The molecule has 0 bridgehead atoms. The van der Waals surface area contributed by atoms with Crippen LogP contribution < -0.4 is 16.4 Å². The van der Waals surface area contributed by atoms with Crippen molar-refractivity contribution in [2.45, 2.75) is 19.4 Å². The molecule has 1 saturated heterocycles. The van der Waals surface area contributed by atoms with Gasteiger partial charge in [-0.15, -0.1) is 0 Å². The Bertz CT molecular complexity index is 252. The van der Waals surface area contributed by atoms with E-state index in [1.807, 2.05) is 0 Å². The second-order valence-electron chi connectivity index (χ2n) is 3.78. The second-order valence-corrected chi connectivity index (χ2v) is 4.74. The van der Waals surface area contributed by atoms with Gasteiger partial charge in [0.15, 0.2) is 5.17 Å². The summed E-state index contributed by atoms with van der Waals surface area (Å²) in [5.74, 6) is 1.02. The van der Waals surface area contributed by atoms with E-state index in [-0.39, 0.29) is 5.54 Å². The molecule has 6 heteroatoms.